The summed E-state index contributed by atoms with van der Waals surface area (Å²) in [5.74, 6) is 0. The van der Waals surface area contributed by atoms with Crippen LogP contribution < -0.4 is 5.32 Å². The number of carbonyl (C=O) groups excluding carboxylic acids is 1. The molecule has 2 amide bonds. The average Bonchev–Trinajstić information content (AvgIpc) is 3.02. The maximum atomic E-state index is 12.6. The normalized spacial score (nSPS) is 28.3. The molecule has 1 aliphatic carbocycles. The fraction of sp³-hybridized carbons (Fsp3) is 0.632. The molecule has 23 heavy (non-hydrogen) atoms. The third kappa shape index (κ3) is 2.74. The molecule has 4 heteroatoms. The van der Waals surface area contributed by atoms with E-state index < -0.39 is 0 Å². The van der Waals surface area contributed by atoms with Crippen molar-refractivity contribution in [2.45, 2.75) is 38.0 Å². The van der Waals surface area contributed by atoms with Crippen LogP contribution in [0.4, 0.5) is 4.79 Å². The quantitative estimate of drug-likeness (QED) is 0.932. The van der Waals surface area contributed by atoms with Crippen molar-refractivity contribution in [2.24, 2.45) is 5.41 Å². The number of likely N-dealkylation sites (tertiary alicyclic amines) is 1. The molecule has 1 saturated carbocycles. The Morgan fingerprint density at radius 1 is 1.26 bits per heavy atom. The van der Waals surface area contributed by atoms with Gasteiger partial charge in [0, 0.05) is 37.1 Å². The molecule has 1 spiro atoms. The largest absolute Gasteiger partial charge is 0.381 e. The molecule has 124 valence electrons. The Balaban J connectivity index is 1.36. The van der Waals surface area contributed by atoms with E-state index in [2.05, 4.69) is 36.5 Å². The van der Waals surface area contributed by atoms with E-state index in [4.69, 9.17) is 4.74 Å². The fourth-order valence-corrected chi connectivity index (χ4v) is 4.30. The Morgan fingerprint density at radius 3 is 2.78 bits per heavy atom. The number of carbonyl (C=O) groups is 1. The van der Waals surface area contributed by atoms with Crippen LogP contribution in [0.25, 0.3) is 0 Å². The highest BCUT2D eigenvalue weighted by Gasteiger charge is 2.46. The molecule has 0 aromatic heterocycles. The van der Waals surface area contributed by atoms with Gasteiger partial charge >= 0.3 is 6.03 Å². The summed E-state index contributed by atoms with van der Waals surface area (Å²) in [5, 5.41) is 3.21. The van der Waals surface area contributed by atoms with Gasteiger partial charge in [0.25, 0.3) is 0 Å². The van der Waals surface area contributed by atoms with Gasteiger partial charge in [-0.2, -0.15) is 0 Å². The lowest BCUT2D eigenvalue weighted by Crippen LogP contribution is -2.43. The van der Waals surface area contributed by atoms with Crippen molar-refractivity contribution in [1.29, 1.82) is 0 Å². The molecule has 1 atom stereocenters. The topological polar surface area (TPSA) is 41.6 Å². The maximum absolute atomic E-state index is 12.6. The molecule has 1 aromatic rings. The van der Waals surface area contributed by atoms with Crippen LogP contribution in [0.1, 0.15) is 36.8 Å². The van der Waals surface area contributed by atoms with Crippen molar-refractivity contribution in [2.75, 3.05) is 32.8 Å². The van der Waals surface area contributed by atoms with Gasteiger partial charge in [-0.15, -0.1) is 0 Å². The van der Waals surface area contributed by atoms with Crippen molar-refractivity contribution in [3.8, 4) is 0 Å². The molecule has 1 N–H and O–H groups in total. The first-order valence-electron chi connectivity index (χ1n) is 8.79. The number of rotatable bonds is 3. The van der Waals surface area contributed by atoms with Crippen LogP contribution in [0.15, 0.2) is 24.3 Å². The van der Waals surface area contributed by atoms with Crippen LogP contribution in [-0.2, 0) is 10.2 Å². The Hall–Kier alpha value is -1.55. The number of nitrogens with zero attached hydrogens (tertiary/aromatic N) is 1. The van der Waals surface area contributed by atoms with Gasteiger partial charge < -0.3 is 15.0 Å². The van der Waals surface area contributed by atoms with E-state index in [1.54, 1.807) is 0 Å². The van der Waals surface area contributed by atoms with Gasteiger partial charge in [-0.05, 0) is 43.7 Å². The zero-order valence-corrected chi connectivity index (χ0v) is 13.9. The summed E-state index contributed by atoms with van der Waals surface area (Å²) in [6.45, 7) is 6.33. The van der Waals surface area contributed by atoms with Crippen LogP contribution >= 0.6 is 0 Å². The Morgan fingerprint density at radius 2 is 2.09 bits per heavy atom. The fourth-order valence-electron chi connectivity index (χ4n) is 4.30. The zero-order chi connectivity index (χ0) is 15.9. The van der Waals surface area contributed by atoms with E-state index in [1.165, 1.54) is 24.0 Å². The monoisotopic (exact) mass is 314 g/mol. The lowest BCUT2D eigenvalue weighted by molar-refractivity contribution is 0.152. The molecule has 3 fully saturated rings. The molecular weight excluding hydrogens is 288 g/mol. The summed E-state index contributed by atoms with van der Waals surface area (Å²) in [5.41, 5.74) is 3.16. The summed E-state index contributed by atoms with van der Waals surface area (Å²) in [7, 11) is 0. The van der Waals surface area contributed by atoms with Crippen molar-refractivity contribution < 1.29 is 9.53 Å². The third-order valence-corrected chi connectivity index (χ3v) is 6.06. The van der Waals surface area contributed by atoms with Gasteiger partial charge in [0.15, 0.2) is 0 Å². The molecule has 1 unspecified atom stereocenters. The molecule has 1 aromatic carbocycles. The summed E-state index contributed by atoms with van der Waals surface area (Å²) in [6.07, 6.45) is 4.54. The van der Waals surface area contributed by atoms with Crippen LogP contribution in [-0.4, -0.2) is 43.8 Å². The lowest BCUT2D eigenvalue weighted by atomic mass is 9.87. The van der Waals surface area contributed by atoms with Crippen molar-refractivity contribution >= 4 is 6.03 Å². The Bertz CT molecular complexity index is 603. The van der Waals surface area contributed by atoms with E-state index in [1.807, 2.05) is 4.90 Å². The second-order valence-electron chi connectivity index (χ2n) is 7.73. The molecule has 2 aliphatic heterocycles. The van der Waals surface area contributed by atoms with E-state index >= 15 is 0 Å². The van der Waals surface area contributed by atoms with Gasteiger partial charge in [0.2, 0.25) is 0 Å². The predicted molar refractivity (Wildman–Crippen MR) is 89.5 cm³/mol. The summed E-state index contributed by atoms with van der Waals surface area (Å²) in [4.78, 5) is 14.5. The molecule has 4 rings (SSSR count). The van der Waals surface area contributed by atoms with Crippen LogP contribution in [0.2, 0.25) is 0 Å². The van der Waals surface area contributed by atoms with Crippen molar-refractivity contribution in [3.63, 3.8) is 0 Å². The number of aryl methyl sites for hydroxylation is 1. The van der Waals surface area contributed by atoms with Gasteiger partial charge in [-0.1, -0.05) is 24.3 Å². The highest BCUT2D eigenvalue weighted by atomic mass is 16.5. The molecule has 4 nitrogen and oxygen atoms in total. The number of hydrogen-bond acceptors (Lipinski definition) is 2. The smallest absolute Gasteiger partial charge is 0.317 e. The summed E-state index contributed by atoms with van der Waals surface area (Å²) < 4.78 is 5.55. The number of amides is 2. The minimum absolute atomic E-state index is 0.105. The van der Waals surface area contributed by atoms with Gasteiger partial charge in [-0.25, -0.2) is 4.79 Å². The van der Waals surface area contributed by atoms with Gasteiger partial charge in [-0.3, -0.25) is 0 Å². The number of nitrogens with one attached hydrogen (secondary N) is 1. The van der Waals surface area contributed by atoms with Crippen LogP contribution in [0.3, 0.4) is 0 Å². The minimum Gasteiger partial charge on any atom is -0.381 e. The molecule has 0 radical (unpaired) electrons. The molecule has 2 saturated heterocycles. The Kier molecular flexibility index (Phi) is 3.60. The van der Waals surface area contributed by atoms with Crippen LogP contribution in [0, 0.1) is 12.3 Å². The number of urea groups is 1. The lowest BCUT2D eigenvalue weighted by Gasteiger charge is -2.24. The summed E-state index contributed by atoms with van der Waals surface area (Å²) >= 11 is 0. The second kappa shape index (κ2) is 5.52. The average molecular weight is 314 g/mol. The van der Waals surface area contributed by atoms with Gasteiger partial charge in [0.05, 0.1) is 6.61 Å². The maximum Gasteiger partial charge on any atom is 0.317 e. The van der Waals surface area contributed by atoms with Crippen molar-refractivity contribution in [3.05, 3.63) is 35.4 Å². The SMILES string of the molecule is Cc1ccccc1C1(CNC(=O)N2CCC3(CCOC3)C2)CC1. The third-order valence-electron chi connectivity index (χ3n) is 6.06. The van der Waals surface area contributed by atoms with E-state index in [0.717, 1.165) is 45.7 Å². The first-order valence-corrected chi connectivity index (χ1v) is 8.79. The van der Waals surface area contributed by atoms with E-state index in [0.29, 0.717) is 0 Å². The number of ether oxygens (including phenoxy) is 1. The minimum atomic E-state index is 0.105. The first-order chi connectivity index (χ1) is 11.1. The second-order valence-corrected chi connectivity index (χ2v) is 7.73. The van der Waals surface area contributed by atoms with Crippen LogP contribution in [0.5, 0.6) is 0 Å². The predicted octanol–water partition coefficient (Wildman–Crippen LogP) is 2.85. The zero-order valence-electron chi connectivity index (χ0n) is 13.9. The standard InChI is InChI=1S/C19H26N2O2/c1-15-4-2-3-5-16(15)19(6-7-19)12-20-17(22)21-10-8-18(13-21)9-11-23-14-18/h2-5H,6-14H2,1H3,(H,20,22). The highest BCUT2D eigenvalue weighted by molar-refractivity contribution is 5.75. The van der Waals surface area contributed by atoms with E-state index in [-0.39, 0.29) is 16.9 Å². The molecular formula is C19H26N2O2. The summed E-state index contributed by atoms with van der Waals surface area (Å²) in [6, 6.07) is 8.68. The van der Waals surface area contributed by atoms with Crippen molar-refractivity contribution in [1.82, 2.24) is 10.2 Å². The molecule has 3 aliphatic rings. The first kappa shape index (κ1) is 15.0. The number of benzene rings is 1. The molecule has 0 bridgehead atoms. The van der Waals surface area contributed by atoms with E-state index in [9.17, 15) is 4.79 Å². The Labute approximate surface area is 138 Å². The van der Waals surface area contributed by atoms with Gasteiger partial charge in [0.1, 0.15) is 0 Å². The molecule has 2 heterocycles. The highest BCUT2D eigenvalue weighted by Crippen LogP contribution is 2.48. The number of hydrogen-bond donors (Lipinski definition) is 1.